The first-order chi connectivity index (χ1) is 8.98. The molecule has 0 aliphatic rings. The Kier molecular flexibility index (Phi) is 6.82. The molecule has 1 heterocycles. The highest BCUT2D eigenvalue weighted by molar-refractivity contribution is 8.00. The fourth-order valence-corrected chi connectivity index (χ4v) is 3.72. The summed E-state index contributed by atoms with van der Waals surface area (Å²) in [5, 5.41) is 14.3. The van der Waals surface area contributed by atoms with Gasteiger partial charge in [0.1, 0.15) is 9.88 Å². The molecule has 0 aliphatic heterocycles. The molecule has 19 heavy (non-hydrogen) atoms. The summed E-state index contributed by atoms with van der Waals surface area (Å²) in [5.74, 6) is 0.229. The zero-order valence-electron chi connectivity index (χ0n) is 11.7. The van der Waals surface area contributed by atoms with Gasteiger partial charge < -0.3 is 10.4 Å². The van der Waals surface area contributed by atoms with E-state index >= 15 is 0 Å². The van der Waals surface area contributed by atoms with Gasteiger partial charge in [-0.15, -0.1) is 11.3 Å². The van der Waals surface area contributed by atoms with Gasteiger partial charge in [-0.05, 0) is 33.2 Å². The second-order valence-electron chi connectivity index (χ2n) is 4.73. The third-order valence-corrected chi connectivity index (χ3v) is 5.16. The number of thioether (sulfide) groups is 1. The Balaban J connectivity index is 2.24. The van der Waals surface area contributed by atoms with Crippen molar-refractivity contribution in [2.24, 2.45) is 0 Å². The largest absolute Gasteiger partial charge is 0.480 e. The standard InChI is InChI=1S/C13H22N2O2S2/c1-4-14-13(3,11(16)17)7-5-6-8-18-12-15-10(2)9-19-12/h9,14H,4-8H2,1-3H3,(H,16,17). The van der Waals surface area contributed by atoms with Gasteiger partial charge in [0.2, 0.25) is 0 Å². The van der Waals surface area contributed by atoms with Gasteiger partial charge in [0.15, 0.2) is 0 Å². The van der Waals surface area contributed by atoms with Gasteiger partial charge in [-0.25, -0.2) is 4.98 Å². The number of aryl methyl sites for hydroxylation is 1. The fourth-order valence-electron chi connectivity index (χ4n) is 1.80. The third kappa shape index (κ3) is 5.50. The zero-order valence-corrected chi connectivity index (χ0v) is 13.4. The summed E-state index contributed by atoms with van der Waals surface area (Å²) >= 11 is 3.42. The van der Waals surface area contributed by atoms with Crippen LogP contribution in [0, 0.1) is 6.92 Å². The number of nitrogens with one attached hydrogen (secondary N) is 1. The number of carboxylic acid groups (broad SMARTS) is 1. The lowest BCUT2D eigenvalue weighted by molar-refractivity contribution is -0.144. The van der Waals surface area contributed by atoms with Crippen molar-refractivity contribution in [2.45, 2.75) is 49.9 Å². The smallest absolute Gasteiger partial charge is 0.323 e. The molecule has 0 aliphatic carbocycles. The number of nitrogens with zero attached hydrogens (tertiary/aromatic N) is 1. The second kappa shape index (κ2) is 7.87. The molecule has 0 saturated heterocycles. The normalized spacial score (nSPS) is 14.3. The van der Waals surface area contributed by atoms with Crippen molar-refractivity contribution in [3.05, 3.63) is 11.1 Å². The molecule has 1 atom stereocenters. The highest BCUT2D eigenvalue weighted by Gasteiger charge is 2.30. The van der Waals surface area contributed by atoms with Crippen molar-refractivity contribution in [1.82, 2.24) is 10.3 Å². The number of thiazole rings is 1. The molecule has 2 N–H and O–H groups in total. The van der Waals surface area contributed by atoms with Crippen LogP contribution < -0.4 is 5.32 Å². The van der Waals surface area contributed by atoms with Crippen LogP contribution in [0.5, 0.6) is 0 Å². The summed E-state index contributed by atoms with van der Waals surface area (Å²) in [4.78, 5) is 15.6. The molecule has 0 saturated carbocycles. The van der Waals surface area contributed by atoms with Crippen molar-refractivity contribution >= 4 is 29.1 Å². The number of aliphatic carboxylic acids is 1. The van der Waals surface area contributed by atoms with Crippen molar-refractivity contribution in [1.29, 1.82) is 0 Å². The number of likely N-dealkylation sites (N-methyl/N-ethyl adjacent to an activating group) is 1. The van der Waals surface area contributed by atoms with E-state index in [1.807, 2.05) is 13.8 Å². The van der Waals surface area contributed by atoms with Crippen LogP contribution in [0.1, 0.15) is 38.8 Å². The topological polar surface area (TPSA) is 62.2 Å². The molecule has 1 aromatic rings. The van der Waals surface area contributed by atoms with Crippen molar-refractivity contribution in [3.63, 3.8) is 0 Å². The molecule has 0 bridgehead atoms. The van der Waals surface area contributed by atoms with Crippen LogP contribution in [0.4, 0.5) is 0 Å². The first-order valence-corrected chi connectivity index (χ1v) is 8.38. The van der Waals surface area contributed by atoms with Crippen LogP contribution >= 0.6 is 23.1 Å². The van der Waals surface area contributed by atoms with Crippen LogP contribution in [-0.4, -0.2) is 33.9 Å². The molecule has 0 radical (unpaired) electrons. The summed E-state index contributed by atoms with van der Waals surface area (Å²) in [6, 6.07) is 0. The minimum absolute atomic E-state index is 0.660. The van der Waals surface area contributed by atoms with Gasteiger partial charge in [-0.3, -0.25) is 4.79 Å². The molecule has 0 spiro atoms. The molecular weight excluding hydrogens is 280 g/mol. The Morgan fingerprint density at radius 2 is 2.32 bits per heavy atom. The Morgan fingerprint density at radius 3 is 2.84 bits per heavy atom. The molecule has 1 rings (SSSR count). The van der Waals surface area contributed by atoms with E-state index in [0.717, 1.165) is 28.6 Å². The molecule has 0 aromatic carbocycles. The van der Waals surface area contributed by atoms with Crippen molar-refractivity contribution < 1.29 is 9.90 Å². The minimum atomic E-state index is -0.794. The summed E-state index contributed by atoms with van der Waals surface area (Å²) in [5.41, 5.74) is 0.273. The van der Waals surface area contributed by atoms with Crippen molar-refractivity contribution in [2.75, 3.05) is 12.3 Å². The average molecular weight is 302 g/mol. The van der Waals surface area contributed by atoms with Gasteiger partial charge in [0.25, 0.3) is 0 Å². The molecule has 0 amide bonds. The van der Waals surface area contributed by atoms with E-state index in [1.165, 1.54) is 0 Å². The zero-order chi connectivity index (χ0) is 14.3. The Morgan fingerprint density at radius 1 is 1.58 bits per heavy atom. The Bertz CT molecular complexity index is 409. The number of hydrogen-bond acceptors (Lipinski definition) is 5. The summed E-state index contributed by atoms with van der Waals surface area (Å²) < 4.78 is 1.10. The molecule has 0 fully saturated rings. The highest BCUT2D eigenvalue weighted by Crippen LogP contribution is 2.24. The lowest BCUT2D eigenvalue weighted by Crippen LogP contribution is -2.49. The molecule has 6 heteroatoms. The molecule has 4 nitrogen and oxygen atoms in total. The average Bonchev–Trinajstić information content (AvgIpc) is 2.75. The first kappa shape index (κ1) is 16.5. The van der Waals surface area contributed by atoms with E-state index < -0.39 is 11.5 Å². The molecule has 108 valence electrons. The van der Waals surface area contributed by atoms with Crippen LogP contribution in [0.25, 0.3) is 0 Å². The third-order valence-electron chi connectivity index (χ3n) is 2.93. The summed E-state index contributed by atoms with van der Waals surface area (Å²) in [6.07, 6.45) is 2.58. The van der Waals surface area contributed by atoms with E-state index in [4.69, 9.17) is 0 Å². The van der Waals surface area contributed by atoms with Gasteiger partial charge in [0.05, 0.1) is 0 Å². The van der Waals surface area contributed by atoms with E-state index in [-0.39, 0.29) is 0 Å². The maximum Gasteiger partial charge on any atom is 0.323 e. The van der Waals surface area contributed by atoms with Crippen LogP contribution in [0.15, 0.2) is 9.72 Å². The summed E-state index contributed by atoms with van der Waals surface area (Å²) in [7, 11) is 0. The predicted molar refractivity (Wildman–Crippen MR) is 81.1 cm³/mol. The van der Waals surface area contributed by atoms with Gasteiger partial charge >= 0.3 is 5.97 Å². The van der Waals surface area contributed by atoms with E-state index in [9.17, 15) is 9.90 Å². The van der Waals surface area contributed by atoms with Gasteiger partial charge in [-0.1, -0.05) is 25.1 Å². The highest BCUT2D eigenvalue weighted by atomic mass is 32.2. The van der Waals surface area contributed by atoms with Gasteiger partial charge in [0, 0.05) is 16.8 Å². The number of unbranched alkanes of at least 4 members (excludes halogenated alkanes) is 1. The van der Waals surface area contributed by atoms with Crippen LogP contribution in [0.2, 0.25) is 0 Å². The van der Waals surface area contributed by atoms with Crippen LogP contribution in [0.3, 0.4) is 0 Å². The maximum absolute atomic E-state index is 11.2. The number of carboxylic acids is 1. The molecule has 1 unspecified atom stereocenters. The lowest BCUT2D eigenvalue weighted by atomic mass is 9.95. The van der Waals surface area contributed by atoms with Crippen molar-refractivity contribution in [3.8, 4) is 0 Å². The predicted octanol–water partition coefficient (Wildman–Crippen LogP) is 3.17. The van der Waals surface area contributed by atoms with E-state index in [1.54, 1.807) is 30.0 Å². The first-order valence-electron chi connectivity index (χ1n) is 6.51. The Hall–Kier alpha value is -0.590. The molecule has 1 aromatic heterocycles. The summed E-state index contributed by atoms with van der Waals surface area (Å²) in [6.45, 7) is 6.36. The van der Waals surface area contributed by atoms with Gasteiger partial charge in [-0.2, -0.15) is 0 Å². The van der Waals surface area contributed by atoms with Crippen LogP contribution in [-0.2, 0) is 4.79 Å². The second-order valence-corrected chi connectivity index (χ2v) is 6.93. The SMILES string of the molecule is CCNC(C)(CCCCSc1nc(C)cs1)C(=O)O. The number of carbonyl (C=O) groups is 1. The monoisotopic (exact) mass is 302 g/mol. The number of rotatable bonds is 9. The Labute approximate surface area is 123 Å². The number of hydrogen-bond donors (Lipinski definition) is 2. The van der Waals surface area contributed by atoms with E-state index in [0.29, 0.717) is 13.0 Å². The lowest BCUT2D eigenvalue weighted by Gasteiger charge is -2.25. The fraction of sp³-hybridized carbons (Fsp3) is 0.692. The number of aromatic nitrogens is 1. The maximum atomic E-state index is 11.2. The quantitative estimate of drug-likeness (QED) is 0.542. The molecular formula is C13H22N2O2S2. The van der Waals surface area contributed by atoms with E-state index in [2.05, 4.69) is 15.7 Å². The minimum Gasteiger partial charge on any atom is -0.480 e.